The van der Waals surface area contributed by atoms with Crippen LogP contribution < -0.4 is 16.2 Å². The molecule has 0 unspecified atom stereocenters. The maximum absolute atomic E-state index is 12.1. The Hall–Kier alpha value is -1.95. The molecule has 0 spiro atoms. The molecule has 1 rings (SSSR count). The maximum atomic E-state index is 12.1. The van der Waals surface area contributed by atoms with Gasteiger partial charge in [0.25, 0.3) is 5.69 Å². The minimum atomic E-state index is -4.04. The minimum Gasteiger partial charge on any atom is -0.379 e. The first-order chi connectivity index (χ1) is 11.9. The number of carbonyl (C=O) groups is 1. The highest BCUT2D eigenvalue weighted by Gasteiger charge is 2.22. The van der Waals surface area contributed by atoms with Crippen LogP contribution in [0, 0.1) is 15.5 Å². The van der Waals surface area contributed by atoms with Gasteiger partial charge in [0.1, 0.15) is 5.69 Å². The van der Waals surface area contributed by atoms with Gasteiger partial charge in [-0.2, -0.15) is 0 Å². The van der Waals surface area contributed by atoms with Gasteiger partial charge in [0.2, 0.25) is 15.9 Å². The van der Waals surface area contributed by atoms with Crippen molar-refractivity contribution in [2.45, 2.75) is 25.2 Å². The summed E-state index contributed by atoms with van der Waals surface area (Å²) >= 11 is 0. The fraction of sp³-hybridized carbons (Fsp3) is 0.533. The van der Waals surface area contributed by atoms with Crippen molar-refractivity contribution in [2.75, 3.05) is 32.0 Å². The van der Waals surface area contributed by atoms with Crippen molar-refractivity contribution >= 4 is 39.7 Å². The monoisotopic (exact) mass is 423 g/mol. The summed E-state index contributed by atoms with van der Waals surface area (Å²) in [5, 5.41) is 18.9. The number of nitro benzene ring substituents is 1. The molecule has 0 fully saturated rings. The van der Waals surface area contributed by atoms with Crippen LogP contribution in [0.3, 0.4) is 0 Å². The number of nitro groups is 1. The van der Waals surface area contributed by atoms with Crippen LogP contribution in [-0.4, -0.2) is 50.8 Å². The number of sulfonamides is 1. The van der Waals surface area contributed by atoms with Crippen LogP contribution in [0.2, 0.25) is 0 Å². The normalized spacial score (nSPS) is 11.4. The van der Waals surface area contributed by atoms with Crippen molar-refractivity contribution in [1.29, 1.82) is 0 Å². The van der Waals surface area contributed by atoms with Gasteiger partial charge in [-0.15, -0.1) is 12.4 Å². The Bertz CT molecular complexity index is 785. The first-order valence-corrected chi connectivity index (χ1v) is 9.41. The topological polar surface area (TPSA) is 162 Å². The van der Waals surface area contributed by atoms with Crippen molar-refractivity contribution < 1.29 is 18.1 Å². The molecule has 154 valence electrons. The molecule has 12 heteroatoms. The van der Waals surface area contributed by atoms with Crippen LogP contribution in [0.4, 0.5) is 11.4 Å². The van der Waals surface area contributed by atoms with Gasteiger partial charge in [0.15, 0.2) is 0 Å². The Kier molecular flexibility index (Phi) is 9.12. The van der Waals surface area contributed by atoms with E-state index in [0.717, 1.165) is 6.07 Å². The van der Waals surface area contributed by atoms with Gasteiger partial charge in [-0.1, -0.05) is 13.8 Å². The molecule has 5 N–H and O–H groups in total. The number of carbonyl (C=O) groups excluding carboxylic acids is 1. The number of amides is 1. The number of nitrogens with zero attached hydrogens (tertiary/aromatic N) is 2. The molecule has 0 aromatic heterocycles. The third-order valence-electron chi connectivity index (χ3n) is 3.79. The molecule has 0 bridgehead atoms. The van der Waals surface area contributed by atoms with Crippen molar-refractivity contribution in [2.24, 2.45) is 16.3 Å². The van der Waals surface area contributed by atoms with Gasteiger partial charge in [0, 0.05) is 32.6 Å². The van der Waals surface area contributed by atoms with Crippen molar-refractivity contribution in [1.82, 2.24) is 4.90 Å². The lowest BCUT2D eigenvalue weighted by molar-refractivity contribution is -0.384. The fourth-order valence-electron chi connectivity index (χ4n) is 2.28. The number of benzene rings is 1. The third kappa shape index (κ3) is 7.67. The van der Waals surface area contributed by atoms with E-state index in [9.17, 15) is 23.3 Å². The highest BCUT2D eigenvalue weighted by Crippen LogP contribution is 2.27. The van der Waals surface area contributed by atoms with Crippen molar-refractivity contribution in [3.05, 3.63) is 28.3 Å². The standard InChI is InChI=1S/C15H25N5O5S.ClH/c1-15(2,9-16)10-19(3)14(21)6-7-18-12-5-4-11(26(17,24)25)8-13(12)20(22)23;/h4-5,8,18H,6-7,9-10,16H2,1-3H3,(H2,17,24,25);1H. The van der Waals surface area contributed by atoms with E-state index >= 15 is 0 Å². The summed E-state index contributed by atoms with van der Waals surface area (Å²) in [4.78, 5) is 23.8. The molecule has 0 aliphatic rings. The molecule has 0 radical (unpaired) electrons. The predicted octanol–water partition coefficient (Wildman–Crippen LogP) is 0.909. The summed E-state index contributed by atoms with van der Waals surface area (Å²) in [7, 11) is -2.37. The van der Waals surface area contributed by atoms with Gasteiger partial charge < -0.3 is 16.0 Å². The number of hydrogen-bond donors (Lipinski definition) is 3. The zero-order valence-corrected chi connectivity index (χ0v) is 17.1. The first kappa shape index (κ1) is 25.1. The van der Waals surface area contributed by atoms with Gasteiger partial charge >= 0.3 is 0 Å². The summed E-state index contributed by atoms with van der Waals surface area (Å²) in [6.45, 7) is 4.98. The largest absolute Gasteiger partial charge is 0.379 e. The molecular formula is C15H26ClN5O5S. The number of rotatable bonds is 9. The van der Waals surface area contributed by atoms with Gasteiger partial charge in [0.05, 0.1) is 9.82 Å². The quantitative estimate of drug-likeness (QED) is 0.392. The molecule has 1 aromatic carbocycles. The molecule has 0 heterocycles. The van der Waals surface area contributed by atoms with E-state index in [1.807, 2.05) is 13.8 Å². The predicted molar refractivity (Wildman–Crippen MR) is 105 cm³/mol. The van der Waals surface area contributed by atoms with Crippen LogP contribution in [0.1, 0.15) is 20.3 Å². The molecular weight excluding hydrogens is 398 g/mol. The Labute approximate surface area is 164 Å². The number of primary sulfonamides is 1. The summed E-state index contributed by atoms with van der Waals surface area (Å²) in [5.41, 5.74) is 5.13. The SMILES string of the molecule is CN(CC(C)(C)CN)C(=O)CCNc1ccc(S(N)(=O)=O)cc1[N+](=O)[O-].Cl. The molecule has 27 heavy (non-hydrogen) atoms. The Morgan fingerprint density at radius 3 is 2.44 bits per heavy atom. The lowest BCUT2D eigenvalue weighted by Gasteiger charge is -2.29. The summed E-state index contributed by atoms with van der Waals surface area (Å²) < 4.78 is 22.6. The molecule has 0 saturated heterocycles. The van der Waals surface area contributed by atoms with E-state index in [2.05, 4.69) is 5.32 Å². The van der Waals surface area contributed by atoms with E-state index in [-0.39, 0.29) is 47.3 Å². The van der Waals surface area contributed by atoms with Crippen LogP contribution >= 0.6 is 12.4 Å². The van der Waals surface area contributed by atoms with Gasteiger partial charge in [-0.3, -0.25) is 14.9 Å². The molecule has 1 aromatic rings. The average molecular weight is 424 g/mol. The summed E-state index contributed by atoms with van der Waals surface area (Å²) in [6, 6.07) is 3.31. The van der Waals surface area contributed by atoms with Crippen LogP contribution in [-0.2, 0) is 14.8 Å². The molecule has 0 saturated carbocycles. The maximum Gasteiger partial charge on any atom is 0.293 e. The second-order valence-corrected chi connectivity index (χ2v) is 8.34. The lowest BCUT2D eigenvalue weighted by Crippen LogP contribution is -2.40. The highest BCUT2D eigenvalue weighted by molar-refractivity contribution is 7.89. The van der Waals surface area contributed by atoms with E-state index < -0.39 is 20.6 Å². The van der Waals surface area contributed by atoms with E-state index in [1.54, 1.807) is 11.9 Å². The second-order valence-electron chi connectivity index (χ2n) is 6.78. The second kappa shape index (κ2) is 9.83. The van der Waals surface area contributed by atoms with E-state index in [0.29, 0.717) is 13.1 Å². The molecule has 10 nitrogen and oxygen atoms in total. The van der Waals surface area contributed by atoms with Crippen molar-refractivity contribution in [3.63, 3.8) is 0 Å². The zero-order chi connectivity index (χ0) is 20.1. The average Bonchev–Trinajstić information content (AvgIpc) is 2.53. The lowest BCUT2D eigenvalue weighted by atomic mass is 9.93. The number of anilines is 1. The van der Waals surface area contributed by atoms with E-state index in [4.69, 9.17) is 10.9 Å². The highest BCUT2D eigenvalue weighted by atomic mass is 35.5. The Morgan fingerprint density at radius 1 is 1.37 bits per heavy atom. The molecule has 1 amide bonds. The summed E-state index contributed by atoms with van der Waals surface area (Å²) in [6.07, 6.45) is 0.116. The fourth-order valence-corrected chi connectivity index (χ4v) is 2.81. The Balaban J connectivity index is 0.00000676. The van der Waals surface area contributed by atoms with Crippen LogP contribution in [0.25, 0.3) is 0 Å². The molecule has 0 aliphatic carbocycles. The van der Waals surface area contributed by atoms with Gasteiger partial charge in [-0.25, -0.2) is 13.6 Å². The smallest absolute Gasteiger partial charge is 0.293 e. The Morgan fingerprint density at radius 2 is 1.96 bits per heavy atom. The number of nitrogens with two attached hydrogens (primary N) is 2. The van der Waals surface area contributed by atoms with Crippen molar-refractivity contribution in [3.8, 4) is 0 Å². The van der Waals surface area contributed by atoms with Gasteiger partial charge in [-0.05, 0) is 24.1 Å². The molecule has 0 atom stereocenters. The minimum absolute atomic E-state index is 0. The first-order valence-electron chi connectivity index (χ1n) is 7.86. The number of hydrogen-bond acceptors (Lipinski definition) is 7. The molecule has 0 aliphatic heterocycles. The van der Waals surface area contributed by atoms with Crippen LogP contribution in [0.5, 0.6) is 0 Å². The summed E-state index contributed by atoms with van der Waals surface area (Å²) in [5.74, 6) is -0.136. The third-order valence-corrected chi connectivity index (χ3v) is 4.70. The number of halogens is 1. The van der Waals surface area contributed by atoms with Crippen LogP contribution in [0.15, 0.2) is 23.1 Å². The zero-order valence-electron chi connectivity index (χ0n) is 15.5. The number of nitrogens with one attached hydrogen (secondary N) is 1. The van der Waals surface area contributed by atoms with E-state index in [1.165, 1.54) is 12.1 Å².